The number of ketones is 2. The van der Waals surface area contributed by atoms with Crippen LogP contribution in [0.25, 0.3) is 11.3 Å². The summed E-state index contributed by atoms with van der Waals surface area (Å²) in [6, 6.07) is 3.08. The van der Waals surface area contributed by atoms with Crippen LogP contribution in [0.3, 0.4) is 0 Å². The van der Waals surface area contributed by atoms with Gasteiger partial charge in [-0.3, -0.25) is 9.59 Å². The lowest BCUT2D eigenvalue weighted by molar-refractivity contribution is -0.140. The van der Waals surface area contributed by atoms with Gasteiger partial charge in [-0.25, -0.2) is 9.37 Å². The van der Waals surface area contributed by atoms with E-state index >= 15 is 0 Å². The Morgan fingerprint density at radius 1 is 0.936 bits per heavy atom. The minimum absolute atomic E-state index is 0. The van der Waals surface area contributed by atoms with E-state index in [4.69, 9.17) is 4.98 Å². The van der Waals surface area contributed by atoms with Crippen LogP contribution in [0.2, 0.25) is 0 Å². The normalized spacial score (nSPS) is 19.9. The summed E-state index contributed by atoms with van der Waals surface area (Å²) in [5, 5.41) is 3.33. The molecule has 5 heterocycles. The van der Waals surface area contributed by atoms with E-state index in [1.54, 1.807) is 6.20 Å². The van der Waals surface area contributed by atoms with Crippen LogP contribution >= 0.6 is 12.4 Å². The number of imidazole rings is 1. The molecule has 0 amide bonds. The van der Waals surface area contributed by atoms with Gasteiger partial charge in [-0.05, 0) is 72.1 Å². The van der Waals surface area contributed by atoms with Crippen LogP contribution in [0.4, 0.5) is 17.6 Å². The van der Waals surface area contributed by atoms with E-state index in [0.29, 0.717) is 29.3 Å². The molecule has 1 N–H and O–H groups in total. The van der Waals surface area contributed by atoms with E-state index in [1.165, 1.54) is 12.1 Å². The van der Waals surface area contributed by atoms with E-state index in [2.05, 4.69) is 28.6 Å². The number of hydrogen-bond donors (Lipinski definition) is 1. The molecule has 4 fully saturated rings. The lowest BCUT2D eigenvalue weighted by Gasteiger charge is -2.34. The second-order valence-electron chi connectivity index (χ2n) is 13.4. The van der Waals surface area contributed by atoms with Gasteiger partial charge in [0, 0.05) is 75.1 Å². The summed E-state index contributed by atoms with van der Waals surface area (Å²) < 4.78 is 55.2. The number of nitrogens with one attached hydrogen (secondary N) is 1. The van der Waals surface area contributed by atoms with E-state index in [1.807, 2.05) is 28.8 Å². The molecule has 4 saturated heterocycles. The fourth-order valence-electron chi connectivity index (χ4n) is 5.84. The topological polar surface area (TPSA) is 76.3 Å². The van der Waals surface area contributed by atoms with E-state index in [9.17, 15) is 27.2 Å². The molecule has 0 spiro atoms. The molecule has 7 rings (SSSR count). The molecule has 0 radical (unpaired) electrons. The van der Waals surface area contributed by atoms with Crippen molar-refractivity contribution >= 4 is 24.0 Å². The van der Waals surface area contributed by atoms with Crippen molar-refractivity contribution in [2.24, 2.45) is 0 Å². The van der Waals surface area contributed by atoms with E-state index in [0.717, 1.165) is 83.2 Å². The number of carbonyl (C=O) groups is 2. The minimum atomic E-state index is -4.74. The molecule has 1 aromatic carbocycles. The molecule has 2 aromatic rings. The van der Waals surface area contributed by atoms with Crippen LogP contribution in [0, 0.1) is 5.82 Å². The standard InChI is InChI=1S/C21H28F4N4.C12H13N3O2.ClH/c1-20(2,28(3)4)13-29-12-18(27-19(29)14-7-9-26-10-8-14)15-5-6-17(22)16(11-15)21(23,24)25;16-9-7-8(13-1-2-13)12(17)11(15-5-6-15)10(9)14-3-4-14;/h5-6,11-12,14,26H,7-10,13H2,1-4H3;7H,1-6H2;1H. The smallest absolute Gasteiger partial charge is 0.365 e. The Morgan fingerprint density at radius 2 is 1.53 bits per heavy atom. The quantitative estimate of drug-likeness (QED) is 0.254. The third-order valence-corrected chi connectivity index (χ3v) is 9.34. The maximum absolute atomic E-state index is 13.7. The zero-order valence-electron chi connectivity index (χ0n) is 27.2. The molecule has 5 aliphatic rings. The summed E-state index contributed by atoms with van der Waals surface area (Å²) in [4.78, 5) is 37.3. The van der Waals surface area contributed by atoms with Gasteiger partial charge in [0.2, 0.25) is 11.6 Å². The minimum Gasteiger partial charge on any atom is -0.365 e. The fraction of sp³-hybridized carbons (Fsp3) is 0.545. The Balaban J connectivity index is 0.000000203. The van der Waals surface area contributed by atoms with Gasteiger partial charge in [0.1, 0.15) is 23.0 Å². The lowest BCUT2D eigenvalue weighted by Crippen LogP contribution is -2.42. The van der Waals surface area contributed by atoms with Crippen LogP contribution in [0.15, 0.2) is 47.6 Å². The van der Waals surface area contributed by atoms with Crippen molar-refractivity contribution in [3.05, 3.63) is 64.8 Å². The summed E-state index contributed by atoms with van der Waals surface area (Å²) in [6.07, 6.45) is 0.436. The van der Waals surface area contributed by atoms with Gasteiger partial charge >= 0.3 is 6.18 Å². The van der Waals surface area contributed by atoms with Gasteiger partial charge in [0.05, 0.1) is 17.0 Å². The van der Waals surface area contributed by atoms with Gasteiger partial charge < -0.3 is 29.5 Å². The molecule has 47 heavy (non-hydrogen) atoms. The first-order valence-electron chi connectivity index (χ1n) is 15.9. The molecule has 9 nitrogen and oxygen atoms in total. The first-order chi connectivity index (χ1) is 21.7. The number of piperidine rings is 1. The number of allylic oxidation sites excluding steroid dienone is 1. The molecule has 256 valence electrons. The molecule has 0 saturated carbocycles. The van der Waals surface area contributed by atoms with Crippen LogP contribution in [-0.4, -0.2) is 113 Å². The van der Waals surface area contributed by atoms with Gasteiger partial charge in [0.25, 0.3) is 0 Å². The predicted molar refractivity (Wildman–Crippen MR) is 172 cm³/mol. The number of nitrogens with zero attached hydrogens (tertiary/aromatic N) is 6. The van der Waals surface area contributed by atoms with Gasteiger partial charge in [-0.2, -0.15) is 13.2 Å². The largest absolute Gasteiger partial charge is 0.419 e. The van der Waals surface area contributed by atoms with E-state index in [-0.39, 0.29) is 41.0 Å². The number of likely N-dealkylation sites (N-methyl/N-ethyl adjacent to an activating group) is 1. The molecule has 1 aromatic heterocycles. The number of hydrogen-bond acceptors (Lipinski definition) is 8. The van der Waals surface area contributed by atoms with Crippen LogP contribution in [0.1, 0.15) is 44.0 Å². The monoisotopic (exact) mass is 679 g/mol. The van der Waals surface area contributed by atoms with Crippen molar-refractivity contribution < 1.29 is 27.2 Å². The highest BCUT2D eigenvalue weighted by Gasteiger charge is 2.43. The Hall–Kier alpha value is -3.42. The predicted octanol–water partition coefficient (Wildman–Crippen LogP) is 4.12. The van der Waals surface area contributed by atoms with Crippen LogP contribution in [0.5, 0.6) is 0 Å². The second-order valence-corrected chi connectivity index (χ2v) is 13.4. The summed E-state index contributed by atoms with van der Waals surface area (Å²) in [6.45, 7) is 12.1. The number of Topliss-reactive ketones (excluding diaryl/α,β-unsaturated/α-hetero) is 1. The third kappa shape index (κ3) is 7.68. The zero-order chi connectivity index (χ0) is 33.0. The van der Waals surface area contributed by atoms with Crippen molar-refractivity contribution in [1.82, 2.24) is 34.5 Å². The molecule has 0 unspecified atom stereocenters. The molecule has 0 bridgehead atoms. The Labute approximate surface area is 278 Å². The maximum atomic E-state index is 13.7. The first-order valence-corrected chi connectivity index (χ1v) is 15.9. The lowest BCUT2D eigenvalue weighted by atomic mass is 9.96. The Morgan fingerprint density at radius 3 is 2.09 bits per heavy atom. The average Bonchev–Trinajstić information content (AvgIpc) is 3.85. The van der Waals surface area contributed by atoms with Crippen molar-refractivity contribution in [3.63, 3.8) is 0 Å². The second kappa shape index (κ2) is 13.2. The highest BCUT2D eigenvalue weighted by atomic mass is 35.5. The Kier molecular flexibility index (Phi) is 9.83. The number of carbonyl (C=O) groups excluding carboxylic acids is 2. The SMILES string of the molecule is CN(C)C(C)(C)Cn1cc(-c2ccc(F)c(C(F)(F)F)c2)nc1C1CCNCC1.Cl.O=C1C=C(N2CC2)C(=O)C(N2CC2)=C1N1CC1. The first kappa shape index (κ1) is 34.9. The number of rotatable bonds is 8. The number of benzene rings is 1. The maximum Gasteiger partial charge on any atom is 0.419 e. The zero-order valence-corrected chi connectivity index (χ0v) is 28.0. The number of aromatic nitrogens is 2. The van der Waals surface area contributed by atoms with Crippen molar-refractivity contribution in [1.29, 1.82) is 0 Å². The number of halogens is 5. The summed E-state index contributed by atoms with van der Waals surface area (Å²) in [5.41, 5.74) is 1.17. The highest BCUT2D eigenvalue weighted by Crippen LogP contribution is 2.36. The molecular formula is C33H42ClF4N7O2. The third-order valence-electron chi connectivity index (χ3n) is 9.34. The molecule has 4 aliphatic heterocycles. The van der Waals surface area contributed by atoms with Gasteiger partial charge in [0.15, 0.2) is 0 Å². The highest BCUT2D eigenvalue weighted by molar-refractivity contribution is 6.22. The number of alkyl halides is 3. The summed E-state index contributed by atoms with van der Waals surface area (Å²) >= 11 is 0. The molecule has 1 aliphatic carbocycles. The van der Waals surface area contributed by atoms with Gasteiger partial charge in [-0.15, -0.1) is 12.4 Å². The summed E-state index contributed by atoms with van der Waals surface area (Å²) in [5.74, 6) is -0.0970. The van der Waals surface area contributed by atoms with Crippen molar-refractivity contribution in [2.45, 2.75) is 50.9 Å². The van der Waals surface area contributed by atoms with Gasteiger partial charge in [-0.1, -0.05) is 0 Å². The fourth-order valence-corrected chi connectivity index (χ4v) is 5.84. The van der Waals surface area contributed by atoms with Crippen molar-refractivity contribution in [3.8, 4) is 11.3 Å². The molecule has 14 heteroatoms. The summed E-state index contributed by atoms with van der Waals surface area (Å²) in [7, 11) is 4.00. The average molecular weight is 680 g/mol. The molecule has 0 atom stereocenters. The van der Waals surface area contributed by atoms with Crippen LogP contribution in [-0.2, 0) is 22.3 Å². The van der Waals surface area contributed by atoms with Crippen molar-refractivity contribution in [2.75, 3.05) is 66.5 Å². The van der Waals surface area contributed by atoms with Crippen LogP contribution < -0.4 is 5.32 Å². The van der Waals surface area contributed by atoms with E-state index < -0.39 is 17.6 Å². The Bertz CT molecular complexity index is 1580. The molecular weight excluding hydrogens is 638 g/mol.